The number of anilines is 1. The zero-order chi connectivity index (χ0) is 24.0. The van der Waals surface area contributed by atoms with E-state index in [1.54, 1.807) is 28.0 Å². The summed E-state index contributed by atoms with van der Waals surface area (Å²) in [7, 11) is 0. The van der Waals surface area contributed by atoms with Crippen molar-refractivity contribution in [2.45, 2.75) is 25.0 Å². The fourth-order valence-corrected chi connectivity index (χ4v) is 4.87. The van der Waals surface area contributed by atoms with Gasteiger partial charge < -0.3 is 19.1 Å². The van der Waals surface area contributed by atoms with Gasteiger partial charge in [0.1, 0.15) is 31.7 Å². The number of carbonyl (C=O) groups excluding carboxylic acids is 2. The van der Waals surface area contributed by atoms with Gasteiger partial charge in [0.25, 0.3) is 5.56 Å². The molecule has 3 aliphatic heterocycles. The first-order chi connectivity index (χ1) is 17.0. The maximum absolute atomic E-state index is 13.0. The lowest BCUT2D eigenvalue weighted by molar-refractivity contribution is -0.135. The van der Waals surface area contributed by atoms with Gasteiger partial charge in [-0.1, -0.05) is 0 Å². The van der Waals surface area contributed by atoms with Crippen LogP contribution in [0, 0.1) is 0 Å². The quantitative estimate of drug-likeness (QED) is 0.558. The van der Waals surface area contributed by atoms with Crippen molar-refractivity contribution in [3.05, 3.63) is 53.2 Å². The van der Waals surface area contributed by atoms with Gasteiger partial charge in [-0.15, -0.1) is 0 Å². The highest BCUT2D eigenvalue weighted by molar-refractivity contribution is 5.91. The van der Waals surface area contributed by atoms with Crippen molar-refractivity contribution in [2.24, 2.45) is 0 Å². The molecule has 11 heteroatoms. The first-order valence-electron chi connectivity index (χ1n) is 11.5. The standard InChI is InChI=1S/C24H23N5O6/c30-21-4-2-17-18(12-25-15-26-17)28(21)13-22(31)27-7-5-24(6-8-27)14-29(23(32)35-24)16-1-3-19-20(11-16)34-10-9-33-19/h1-4,11-12,15H,5-10,13-14H2. The van der Waals surface area contributed by atoms with Crippen LogP contribution in [0.15, 0.2) is 47.7 Å². The van der Waals surface area contributed by atoms with Crippen molar-refractivity contribution in [3.8, 4) is 11.5 Å². The zero-order valence-corrected chi connectivity index (χ0v) is 18.9. The van der Waals surface area contributed by atoms with Crippen molar-refractivity contribution in [3.63, 3.8) is 0 Å². The van der Waals surface area contributed by atoms with Crippen LogP contribution in [0.4, 0.5) is 10.5 Å². The van der Waals surface area contributed by atoms with Crippen molar-refractivity contribution >= 4 is 28.7 Å². The molecule has 180 valence electrons. The minimum Gasteiger partial charge on any atom is -0.486 e. The van der Waals surface area contributed by atoms with Gasteiger partial charge >= 0.3 is 6.09 Å². The van der Waals surface area contributed by atoms with Gasteiger partial charge in [0.2, 0.25) is 5.91 Å². The Labute approximate surface area is 199 Å². The second-order valence-electron chi connectivity index (χ2n) is 8.90. The van der Waals surface area contributed by atoms with Crippen LogP contribution >= 0.6 is 0 Å². The van der Waals surface area contributed by atoms with E-state index in [0.29, 0.717) is 73.9 Å². The number of hydrogen-bond donors (Lipinski definition) is 0. The third kappa shape index (κ3) is 3.82. The summed E-state index contributed by atoms with van der Waals surface area (Å²) in [5, 5.41) is 0. The minimum absolute atomic E-state index is 0.0976. The molecule has 3 aromatic rings. The van der Waals surface area contributed by atoms with Crippen LogP contribution in [0.1, 0.15) is 12.8 Å². The Kier molecular flexibility index (Phi) is 5.05. The third-order valence-electron chi connectivity index (χ3n) is 6.79. The van der Waals surface area contributed by atoms with Crippen LogP contribution in [0.3, 0.4) is 0 Å². The molecule has 6 rings (SSSR count). The van der Waals surface area contributed by atoms with Crippen molar-refractivity contribution in [2.75, 3.05) is 37.7 Å². The summed E-state index contributed by atoms with van der Waals surface area (Å²) in [5.41, 5.74) is 0.857. The Bertz CT molecular complexity index is 1380. The maximum Gasteiger partial charge on any atom is 0.415 e. The lowest BCUT2D eigenvalue weighted by atomic mass is 9.91. The van der Waals surface area contributed by atoms with Gasteiger partial charge in [0.15, 0.2) is 11.5 Å². The van der Waals surface area contributed by atoms with Crippen LogP contribution in [0.5, 0.6) is 11.5 Å². The molecule has 1 aromatic carbocycles. The number of hydrogen-bond acceptors (Lipinski definition) is 8. The summed E-state index contributed by atoms with van der Waals surface area (Å²) in [6, 6.07) is 8.42. The molecule has 0 radical (unpaired) electrons. The first-order valence-corrected chi connectivity index (χ1v) is 11.5. The SMILES string of the molecule is O=C(Cn1c(=O)ccc2ncncc21)N1CCC2(CC1)CN(c1ccc3c(c1)OCCO3)C(=O)O2. The second-order valence-corrected chi connectivity index (χ2v) is 8.90. The third-order valence-corrected chi connectivity index (χ3v) is 6.79. The monoisotopic (exact) mass is 477 g/mol. The molecule has 0 saturated carbocycles. The Morgan fingerprint density at radius 2 is 1.83 bits per heavy atom. The van der Waals surface area contributed by atoms with E-state index in [1.165, 1.54) is 23.2 Å². The first kappa shape index (κ1) is 21.4. The lowest BCUT2D eigenvalue weighted by Crippen LogP contribution is -2.49. The summed E-state index contributed by atoms with van der Waals surface area (Å²) in [6.07, 6.45) is 3.55. The van der Waals surface area contributed by atoms with E-state index in [-0.39, 0.29) is 18.0 Å². The molecule has 2 saturated heterocycles. The molecule has 0 unspecified atom stereocenters. The van der Waals surface area contributed by atoms with Gasteiger partial charge in [0.05, 0.1) is 29.5 Å². The van der Waals surface area contributed by atoms with Crippen LogP contribution < -0.4 is 19.9 Å². The van der Waals surface area contributed by atoms with E-state index in [4.69, 9.17) is 14.2 Å². The van der Waals surface area contributed by atoms with E-state index in [9.17, 15) is 14.4 Å². The van der Waals surface area contributed by atoms with Crippen molar-refractivity contribution < 1.29 is 23.8 Å². The van der Waals surface area contributed by atoms with E-state index in [0.717, 1.165) is 0 Å². The predicted molar refractivity (Wildman–Crippen MR) is 124 cm³/mol. The number of fused-ring (bicyclic) bond motifs is 2. The molecule has 2 amide bonds. The number of pyridine rings is 1. The predicted octanol–water partition coefficient (Wildman–Crippen LogP) is 1.58. The normalized spacial score (nSPS) is 18.7. The number of rotatable bonds is 3. The number of amides is 2. The number of carbonyl (C=O) groups is 2. The largest absolute Gasteiger partial charge is 0.486 e. The average molecular weight is 477 g/mol. The van der Waals surface area contributed by atoms with Crippen molar-refractivity contribution in [1.82, 2.24) is 19.4 Å². The topological polar surface area (TPSA) is 116 Å². The Morgan fingerprint density at radius 1 is 1.03 bits per heavy atom. The number of ether oxygens (including phenoxy) is 3. The Hall–Kier alpha value is -4.15. The average Bonchev–Trinajstić information content (AvgIpc) is 3.21. The maximum atomic E-state index is 13.0. The molecule has 5 heterocycles. The molecular formula is C24H23N5O6. The number of likely N-dealkylation sites (tertiary alicyclic amines) is 1. The van der Waals surface area contributed by atoms with Crippen LogP contribution in [0.2, 0.25) is 0 Å². The van der Waals surface area contributed by atoms with Gasteiger partial charge in [-0.25, -0.2) is 14.8 Å². The van der Waals surface area contributed by atoms with Crippen LogP contribution in [-0.4, -0.2) is 69.9 Å². The highest BCUT2D eigenvalue weighted by Crippen LogP contribution is 2.39. The minimum atomic E-state index is -0.661. The second kappa shape index (κ2) is 8.26. The number of piperidine rings is 1. The summed E-state index contributed by atoms with van der Waals surface area (Å²) < 4.78 is 18.4. The molecule has 0 N–H and O–H groups in total. The molecule has 2 aromatic heterocycles. The molecule has 0 atom stereocenters. The lowest BCUT2D eigenvalue weighted by Gasteiger charge is -2.37. The zero-order valence-electron chi connectivity index (χ0n) is 18.9. The fraction of sp³-hybridized carbons (Fsp3) is 0.375. The van der Waals surface area contributed by atoms with E-state index >= 15 is 0 Å². The van der Waals surface area contributed by atoms with Gasteiger partial charge in [-0.05, 0) is 18.2 Å². The summed E-state index contributed by atoms with van der Waals surface area (Å²) in [4.78, 5) is 49.6. The van der Waals surface area contributed by atoms with E-state index in [2.05, 4.69) is 9.97 Å². The number of benzene rings is 1. The summed E-state index contributed by atoms with van der Waals surface area (Å²) in [5.74, 6) is 1.09. The van der Waals surface area contributed by atoms with E-state index < -0.39 is 11.7 Å². The highest BCUT2D eigenvalue weighted by Gasteiger charge is 2.48. The fourth-order valence-electron chi connectivity index (χ4n) is 4.87. The molecule has 1 spiro atoms. The molecule has 2 fully saturated rings. The molecule has 11 nitrogen and oxygen atoms in total. The summed E-state index contributed by atoms with van der Waals surface area (Å²) in [6.45, 7) is 2.12. The van der Waals surface area contributed by atoms with Gasteiger partial charge in [-0.2, -0.15) is 0 Å². The smallest absolute Gasteiger partial charge is 0.415 e. The number of nitrogens with zero attached hydrogens (tertiary/aromatic N) is 5. The molecule has 35 heavy (non-hydrogen) atoms. The van der Waals surface area contributed by atoms with Crippen molar-refractivity contribution in [1.29, 1.82) is 0 Å². The van der Waals surface area contributed by atoms with Gasteiger partial charge in [-0.3, -0.25) is 19.1 Å². The molecule has 0 bridgehead atoms. The Balaban J connectivity index is 1.14. The number of aromatic nitrogens is 3. The molecule has 3 aliphatic rings. The summed E-state index contributed by atoms with van der Waals surface area (Å²) >= 11 is 0. The highest BCUT2D eigenvalue weighted by atomic mass is 16.6. The van der Waals surface area contributed by atoms with E-state index in [1.807, 2.05) is 6.07 Å². The van der Waals surface area contributed by atoms with Crippen LogP contribution in [0.25, 0.3) is 11.0 Å². The molecule has 0 aliphatic carbocycles. The Morgan fingerprint density at radius 3 is 2.66 bits per heavy atom. The van der Waals surface area contributed by atoms with Crippen LogP contribution in [-0.2, 0) is 16.1 Å². The van der Waals surface area contributed by atoms with Gasteiger partial charge in [0, 0.05) is 38.1 Å². The molecular weight excluding hydrogens is 454 g/mol.